The lowest BCUT2D eigenvalue weighted by atomic mass is 10.1. The Bertz CT molecular complexity index is 415. The smallest absolute Gasteiger partial charge is 0.194 e. The lowest BCUT2D eigenvalue weighted by molar-refractivity contribution is 0.777. The summed E-state index contributed by atoms with van der Waals surface area (Å²) in [5, 5.41) is 0. The second kappa shape index (κ2) is 3.12. The van der Waals surface area contributed by atoms with E-state index in [-0.39, 0.29) is 0 Å². The standard InChI is InChI=1S/C9H13N3S/c1-6(5-10)8-7(2)12-4-3-11-9(12)13-8/h3-4,6H,5,10H2,1-2H3. The maximum Gasteiger partial charge on any atom is 0.194 e. The van der Waals surface area contributed by atoms with Crippen LogP contribution in [-0.2, 0) is 0 Å². The fourth-order valence-corrected chi connectivity index (χ4v) is 2.63. The summed E-state index contributed by atoms with van der Waals surface area (Å²) in [5.74, 6) is 0.437. The van der Waals surface area contributed by atoms with Gasteiger partial charge < -0.3 is 5.73 Å². The lowest BCUT2D eigenvalue weighted by Crippen LogP contribution is -2.08. The van der Waals surface area contributed by atoms with Crippen molar-refractivity contribution in [1.29, 1.82) is 0 Å². The molecule has 13 heavy (non-hydrogen) atoms. The van der Waals surface area contributed by atoms with E-state index in [4.69, 9.17) is 5.73 Å². The molecule has 1 atom stereocenters. The molecule has 2 N–H and O–H groups in total. The number of aryl methyl sites for hydroxylation is 1. The monoisotopic (exact) mass is 195 g/mol. The van der Waals surface area contributed by atoms with Gasteiger partial charge in [0.15, 0.2) is 4.96 Å². The molecule has 2 heterocycles. The van der Waals surface area contributed by atoms with Gasteiger partial charge in [-0.3, -0.25) is 4.40 Å². The third-order valence-electron chi connectivity index (χ3n) is 2.33. The molecule has 0 radical (unpaired) electrons. The van der Waals surface area contributed by atoms with Crippen LogP contribution in [0.25, 0.3) is 4.96 Å². The van der Waals surface area contributed by atoms with Crippen molar-refractivity contribution in [2.24, 2.45) is 5.73 Å². The zero-order valence-electron chi connectivity index (χ0n) is 7.82. The Kier molecular flexibility index (Phi) is 2.09. The van der Waals surface area contributed by atoms with Crippen molar-refractivity contribution in [1.82, 2.24) is 9.38 Å². The minimum Gasteiger partial charge on any atom is -0.330 e. The van der Waals surface area contributed by atoms with Crippen LogP contribution >= 0.6 is 11.3 Å². The van der Waals surface area contributed by atoms with Crippen molar-refractivity contribution in [2.45, 2.75) is 19.8 Å². The Hall–Kier alpha value is -0.870. The zero-order valence-corrected chi connectivity index (χ0v) is 8.64. The molecule has 0 aliphatic carbocycles. The summed E-state index contributed by atoms with van der Waals surface area (Å²) < 4.78 is 2.12. The molecule has 3 nitrogen and oxygen atoms in total. The van der Waals surface area contributed by atoms with Crippen LogP contribution in [0.4, 0.5) is 0 Å². The van der Waals surface area contributed by atoms with Gasteiger partial charge in [0.25, 0.3) is 0 Å². The van der Waals surface area contributed by atoms with Gasteiger partial charge in [-0.25, -0.2) is 4.98 Å². The third kappa shape index (κ3) is 1.26. The van der Waals surface area contributed by atoms with E-state index < -0.39 is 0 Å². The first-order valence-electron chi connectivity index (χ1n) is 4.36. The number of nitrogens with two attached hydrogens (primary N) is 1. The summed E-state index contributed by atoms with van der Waals surface area (Å²) in [6.07, 6.45) is 3.82. The number of aromatic nitrogens is 2. The normalized spacial score (nSPS) is 13.8. The van der Waals surface area contributed by atoms with Crippen molar-refractivity contribution < 1.29 is 0 Å². The van der Waals surface area contributed by atoms with Gasteiger partial charge in [0, 0.05) is 28.9 Å². The fraction of sp³-hybridized carbons (Fsp3) is 0.444. The molecule has 70 valence electrons. The molecule has 2 rings (SSSR count). The predicted octanol–water partition coefficient (Wildman–Crippen LogP) is 1.77. The van der Waals surface area contributed by atoms with E-state index in [1.807, 2.05) is 12.4 Å². The number of rotatable bonds is 2. The lowest BCUT2D eigenvalue weighted by Gasteiger charge is -2.05. The third-order valence-corrected chi connectivity index (χ3v) is 3.73. The van der Waals surface area contributed by atoms with Crippen LogP contribution in [0.2, 0.25) is 0 Å². The predicted molar refractivity (Wildman–Crippen MR) is 55.3 cm³/mol. The summed E-state index contributed by atoms with van der Waals surface area (Å²) in [6, 6.07) is 0. The van der Waals surface area contributed by atoms with E-state index in [1.54, 1.807) is 11.3 Å². The van der Waals surface area contributed by atoms with Crippen molar-refractivity contribution in [3.63, 3.8) is 0 Å². The Morgan fingerprint density at radius 2 is 2.46 bits per heavy atom. The minimum atomic E-state index is 0.437. The summed E-state index contributed by atoms with van der Waals surface area (Å²) in [4.78, 5) is 6.67. The molecule has 0 aliphatic heterocycles. The molecule has 0 saturated heterocycles. The average Bonchev–Trinajstić information content (AvgIpc) is 2.68. The molecule has 1 unspecified atom stereocenters. The van der Waals surface area contributed by atoms with Gasteiger partial charge in [0.05, 0.1) is 0 Å². The van der Waals surface area contributed by atoms with Crippen LogP contribution in [0.3, 0.4) is 0 Å². The molecule has 0 bridgehead atoms. The zero-order chi connectivity index (χ0) is 9.42. The first-order chi connectivity index (χ1) is 6.24. The van der Waals surface area contributed by atoms with Gasteiger partial charge in [-0.2, -0.15) is 0 Å². The largest absolute Gasteiger partial charge is 0.330 e. The molecule has 0 saturated carbocycles. The van der Waals surface area contributed by atoms with Gasteiger partial charge in [0.1, 0.15) is 0 Å². The van der Waals surface area contributed by atoms with Crippen LogP contribution in [-0.4, -0.2) is 15.9 Å². The first-order valence-corrected chi connectivity index (χ1v) is 5.18. The van der Waals surface area contributed by atoms with Crippen molar-refractivity contribution in [3.05, 3.63) is 23.0 Å². The topological polar surface area (TPSA) is 43.3 Å². The molecular weight excluding hydrogens is 182 g/mol. The van der Waals surface area contributed by atoms with Crippen LogP contribution in [0, 0.1) is 6.92 Å². The Labute approximate surface area is 81.2 Å². The van der Waals surface area contributed by atoms with Crippen molar-refractivity contribution >= 4 is 16.3 Å². The van der Waals surface area contributed by atoms with Gasteiger partial charge in [-0.05, 0) is 13.5 Å². The van der Waals surface area contributed by atoms with Gasteiger partial charge in [-0.15, -0.1) is 11.3 Å². The van der Waals surface area contributed by atoms with Crippen molar-refractivity contribution in [2.75, 3.05) is 6.54 Å². The minimum absolute atomic E-state index is 0.437. The number of fused-ring (bicyclic) bond motifs is 1. The van der Waals surface area contributed by atoms with E-state index in [0.717, 1.165) is 4.96 Å². The summed E-state index contributed by atoms with van der Waals surface area (Å²) >= 11 is 1.74. The molecule has 2 aromatic rings. The van der Waals surface area contributed by atoms with Gasteiger partial charge in [0.2, 0.25) is 0 Å². The Morgan fingerprint density at radius 3 is 3.08 bits per heavy atom. The van der Waals surface area contributed by atoms with E-state index >= 15 is 0 Å². The number of nitrogens with zero attached hydrogens (tertiary/aromatic N) is 2. The van der Waals surface area contributed by atoms with Crippen LogP contribution in [0.15, 0.2) is 12.4 Å². The van der Waals surface area contributed by atoms with Gasteiger partial charge in [-0.1, -0.05) is 6.92 Å². The molecule has 0 spiro atoms. The number of hydrogen-bond donors (Lipinski definition) is 1. The number of hydrogen-bond acceptors (Lipinski definition) is 3. The molecule has 0 aromatic carbocycles. The maximum absolute atomic E-state index is 5.64. The quantitative estimate of drug-likeness (QED) is 0.793. The number of imidazole rings is 1. The SMILES string of the molecule is Cc1c(C(C)CN)sc2nccn12. The fourth-order valence-electron chi connectivity index (χ4n) is 1.48. The molecule has 0 aliphatic rings. The maximum atomic E-state index is 5.64. The molecule has 0 amide bonds. The highest BCUT2D eigenvalue weighted by Gasteiger charge is 2.13. The summed E-state index contributed by atoms with van der Waals surface area (Å²) in [6.45, 7) is 4.97. The highest BCUT2D eigenvalue weighted by molar-refractivity contribution is 7.17. The van der Waals surface area contributed by atoms with E-state index in [9.17, 15) is 0 Å². The molecular formula is C9H13N3S. The Morgan fingerprint density at radius 1 is 1.69 bits per heavy atom. The summed E-state index contributed by atoms with van der Waals surface area (Å²) in [7, 11) is 0. The highest BCUT2D eigenvalue weighted by Crippen LogP contribution is 2.27. The van der Waals surface area contributed by atoms with E-state index in [1.165, 1.54) is 10.6 Å². The van der Waals surface area contributed by atoms with Crippen LogP contribution in [0.1, 0.15) is 23.4 Å². The highest BCUT2D eigenvalue weighted by atomic mass is 32.1. The van der Waals surface area contributed by atoms with Gasteiger partial charge >= 0.3 is 0 Å². The van der Waals surface area contributed by atoms with E-state index in [2.05, 4.69) is 23.2 Å². The molecule has 4 heteroatoms. The van der Waals surface area contributed by atoms with Crippen LogP contribution < -0.4 is 5.73 Å². The first kappa shape index (κ1) is 8.72. The second-order valence-corrected chi connectivity index (χ2v) is 4.28. The number of thiazole rings is 1. The summed E-state index contributed by atoms with van der Waals surface area (Å²) in [5.41, 5.74) is 6.91. The molecule has 2 aromatic heterocycles. The van der Waals surface area contributed by atoms with Crippen LogP contribution in [0.5, 0.6) is 0 Å². The van der Waals surface area contributed by atoms with Crippen molar-refractivity contribution in [3.8, 4) is 0 Å². The van der Waals surface area contributed by atoms with E-state index in [0.29, 0.717) is 12.5 Å². The molecule has 0 fully saturated rings. The second-order valence-electron chi connectivity index (χ2n) is 3.27. The average molecular weight is 195 g/mol. The Balaban J connectivity index is 2.57.